The molecule has 0 aromatic carbocycles. The van der Waals surface area contributed by atoms with E-state index in [1.807, 2.05) is 18.4 Å². The van der Waals surface area contributed by atoms with Gasteiger partial charge in [0.15, 0.2) is 6.61 Å². The predicted octanol–water partition coefficient (Wildman–Crippen LogP) is 1.96. The molecule has 2 heterocycles. The lowest BCUT2D eigenvalue weighted by Gasteiger charge is -2.09. The van der Waals surface area contributed by atoms with Crippen LogP contribution in [0, 0.1) is 13.8 Å². The molecule has 28 heavy (non-hydrogen) atoms. The third kappa shape index (κ3) is 5.64. The summed E-state index contributed by atoms with van der Waals surface area (Å²) in [6.07, 6.45) is 1.39. The summed E-state index contributed by atoms with van der Waals surface area (Å²) in [5, 5.41) is 2.73. The van der Waals surface area contributed by atoms with E-state index in [0.29, 0.717) is 23.7 Å². The number of aromatic nitrogens is 2. The molecule has 0 aliphatic carbocycles. The molecule has 2 rings (SSSR count). The van der Waals surface area contributed by atoms with Crippen LogP contribution >= 0.6 is 11.6 Å². The standard InChI is InChI=1S/C19H22ClN3O5/c1-12-8-15(13(2)23(12)6-7-27-3)17(24)11-28-18(25)10-22-19(26)16-9-14(20)4-5-21-16/h4-5,8-9H,6-7,10-11H2,1-3H3,(H,22,26). The van der Waals surface area contributed by atoms with Gasteiger partial charge < -0.3 is 19.4 Å². The van der Waals surface area contributed by atoms with Crippen LogP contribution in [-0.4, -0.2) is 54.1 Å². The molecule has 0 saturated heterocycles. The zero-order valence-corrected chi connectivity index (χ0v) is 16.7. The molecule has 0 fully saturated rings. The van der Waals surface area contributed by atoms with Gasteiger partial charge >= 0.3 is 5.97 Å². The lowest BCUT2D eigenvalue weighted by molar-refractivity contribution is -0.141. The second kappa shape index (κ2) is 10.0. The first-order valence-electron chi connectivity index (χ1n) is 8.57. The first-order chi connectivity index (χ1) is 13.3. The smallest absolute Gasteiger partial charge is 0.325 e. The molecule has 0 spiro atoms. The van der Waals surface area contributed by atoms with Crippen molar-refractivity contribution in [2.24, 2.45) is 0 Å². The van der Waals surface area contributed by atoms with Crippen LogP contribution in [0.4, 0.5) is 0 Å². The Morgan fingerprint density at radius 3 is 2.68 bits per heavy atom. The summed E-state index contributed by atoms with van der Waals surface area (Å²) < 4.78 is 12.0. The fraction of sp³-hybridized carbons (Fsp3) is 0.368. The van der Waals surface area contributed by atoms with E-state index >= 15 is 0 Å². The van der Waals surface area contributed by atoms with Gasteiger partial charge in [-0.1, -0.05) is 11.6 Å². The van der Waals surface area contributed by atoms with Gasteiger partial charge in [-0.25, -0.2) is 0 Å². The molecule has 0 atom stereocenters. The number of carbonyl (C=O) groups is 3. The van der Waals surface area contributed by atoms with E-state index < -0.39 is 18.5 Å². The van der Waals surface area contributed by atoms with Crippen LogP contribution in [0.2, 0.25) is 5.02 Å². The van der Waals surface area contributed by atoms with Crippen LogP contribution in [0.1, 0.15) is 32.2 Å². The van der Waals surface area contributed by atoms with E-state index in [0.717, 1.165) is 11.4 Å². The number of Topliss-reactive ketones (excluding diaryl/α,β-unsaturated/α-hetero) is 1. The number of esters is 1. The molecule has 0 radical (unpaired) electrons. The number of ether oxygens (including phenoxy) is 2. The summed E-state index contributed by atoms with van der Waals surface area (Å²) in [6, 6.07) is 4.67. The molecule has 1 N–H and O–H groups in total. The number of hydrogen-bond acceptors (Lipinski definition) is 6. The molecule has 1 amide bonds. The maximum Gasteiger partial charge on any atom is 0.325 e. The van der Waals surface area contributed by atoms with Gasteiger partial charge in [0, 0.05) is 41.8 Å². The van der Waals surface area contributed by atoms with Crippen LogP contribution in [-0.2, 0) is 20.8 Å². The van der Waals surface area contributed by atoms with Crippen molar-refractivity contribution in [2.75, 3.05) is 26.9 Å². The number of halogens is 1. The average molecular weight is 408 g/mol. The molecule has 9 heteroatoms. The first-order valence-corrected chi connectivity index (χ1v) is 8.95. The predicted molar refractivity (Wildman–Crippen MR) is 103 cm³/mol. The maximum absolute atomic E-state index is 12.4. The first kappa shape index (κ1) is 21.6. The van der Waals surface area contributed by atoms with Crippen molar-refractivity contribution in [1.82, 2.24) is 14.9 Å². The van der Waals surface area contributed by atoms with Crippen LogP contribution in [0.3, 0.4) is 0 Å². The number of pyridine rings is 1. The van der Waals surface area contributed by atoms with Gasteiger partial charge in [0.1, 0.15) is 12.2 Å². The second-order valence-corrected chi connectivity index (χ2v) is 6.49. The Bertz CT molecular complexity index is 878. The number of hydrogen-bond donors (Lipinski definition) is 1. The monoisotopic (exact) mass is 407 g/mol. The third-order valence-electron chi connectivity index (χ3n) is 4.11. The molecule has 8 nitrogen and oxygen atoms in total. The minimum atomic E-state index is -0.725. The topological polar surface area (TPSA) is 99.5 Å². The Morgan fingerprint density at radius 2 is 2.00 bits per heavy atom. The Hall–Kier alpha value is -2.71. The van der Waals surface area contributed by atoms with Gasteiger partial charge in [-0.2, -0.15) is 0 Å². The SMILES string of the molecule is COCCn1c(C)cc(C(=O)COC(=O)CNC(=O)c2cc(Cl)ccn2)c1C. The summed E-state index contributed by atoms with van der Waals surface area (Å²) >= 11 is 5.79. The van der Waals surface area contributed by atoms with Gasteiger partial charge in [-0.15, -0.1) is 0 Å². The molecule has 0 bridgehead atoms. The number of rotatable bonds is 9. The molecular weight excluding hydrogens is 386 g/mol. The van der Waals surface area contributed by atoms with Crippen LogP contribution in [0.5, 0.6) is 0 Å². The average Bonchev–Trinajstić information content (AvgIpc) is 2.96. The fourth-order valence-electron chi connectivity index (χ4n) is 2.66. The molecule has 0 aliphatic rings. The van der Waals surface area contributed by atoms with Crippen molar-refractivity contribution in [3.05, 3.63) is 52.1 Å². The highest BCUT2D eigenvalue weighted by atomic mass is 35.5. The number of nitrogens with zero attached hydrogens (tertiary/aromatic N) is 2. The van der Waals surface area contributed by atoms with Crippen LogP contribution < -0.4 is 5.32 Å². The number of nitrogens with one attached hydrogen (secondary N) is 1. The maximum atomic E-state index is 12.4. The summed E-state index contributed by atoms with van der Waals surface area (Å²) in [7, 11) is 1.61. The normalized spacial score (nSPS) is 10.6. The van der Waals surface area contributed by atoms with Gasteiger partial charge in [0.2, 0.25) is 5.78 Å². The van der Waals surface area contributed by atoms with E-state index in [1.54, 1.807) is 13.2 Å². The van der Waals surface area contributed by atoms with Crippen molar-refractivity contribution >= 4 is 29.3 Å². The summed E-state index contributed by atoms with van der Waals surface area (Å²) in [5.41, 5.74) is 2.29. The summed E-state index contributed by atoms with van der Waals surface area (Å²) in [5.74, 6) is -1.60. The quantitative estimate of drug-likeness (QED) is 0.504. The van der Waals surface area contributed by atoms with E-state index in [4.69, 9.17) is 21.1 Å². The van der Waals surface area contributed by atoms with E-state index in [9.17, 15) is 14.4 Å². The molecule has 0 unspecified atom stereocenters. The number of ketones is 1. The second-order valence-electron chi connectivity index (χ2n) is 6.06. The molecule has 2 aromatic heterocycles. The number of carbonyl (C=O) groups excluding carboxylic acids is 3. The minimum Gasteiger partial charge on any atom is -0.456 e. The van der Waals surface area contributed by atoms with Gasteiger partial charge in [0.25, 0.3) is 5.91 Å². The minimum absolute atomic E-state index is 0.0832. The molecule has 0 saturated carbocycles. The van der Waals surface area contributed by atoms with E-state index in [1.165, 1.54) is 18.3 Å². The van der Waals surface area contributed by atoms with Gasteiger partial charge in [0.05, 0.1) is 6.61 Å². The fourth-order valence-corrected chi connectivity index (χ4v) is 2.82. The lowest BCUT2D eigenvalue weighted by atomic mass is 10.1. The highest BCUT2D eigenvalue weighted by Crippen LogP contribution is 2.16. The van der Waals surface area contributed by atoms with Gasteiger partial charge in [-0.05, 0) is 32.0 Å². The highest BCUT2D eigenvalue weighted by Gasteiger charge is 2.18. The largest absolute Gasteiger partial charge is 0.456 e. The molecular formula is C19H22ClN3O5. The molecule has 2 aromatic rings. The van der Waals surface area contributed by atoms with Gasteiger partial charge in [-0.3, -0.25) is 19.4 Å². The Kier molecular flexibility index (Phi) is 7.71. The number of methoxy groups -OCH3 is 1. The zero-order valence-electron chi connectivity index (χ0n) is 16.0. The van der Waals surface area contributed by atoms with Crippen molar-refractivity contribution in [1.29, 1.82) is 0 Å². The Balaban J connectivity index is 1.85. The third-order valence-corrected chi connectivity index (χ3v) is 4.34. The van der Waals surface area contributed by atoms with E-state index in [-0.39, 0.29) is 18.0 Å². The van der Waals surface area contributed by atoms with Crippen molar-refractivity contribution in [3.8, 4) is 0 Å². The molecule has 150 valence electrons. The van der Waals surface area contributed by atoms with Crippen molar-refractivity contribution in [2.45, 2.75) is 20.4 Å². The highest BCUT2D eigenvalue weighted by molar-refractivity contribution is 6.30. The van der Waals surface area contributed by atoms with Crippen LogP contribution in [0.25, 0.3) is 0 Å². The Morgan fingerprint density at radius 1 is 1.25 bits per heavy atom. The van der Waals surface area contributed by atoms with Crippen LogP contribution in [0.15, 0.2) is 24.4 Å². The number of amides is 1. The Labute approximate surface area is 167 Å². The molecule has 0 aliphatic heterocycles. The van der Waals surface area contributed by atoms with Crippen molar-refractivity contribution in [3.63, 3.8) is 0 Å². The summed E-state index contributed by atoms with van der Waals surface area (Å²) in [6.45, 7) is 4.09. The number of aryl methyl sites for hydroxylation is 1. The lowest BCUT2D eigenvalue weighted by Crippen LogP contribution is -2.32. The zero-order chi connectivity index (χ0) is 20.7. The van der Waals surface area contributed by atoms with E-state index in [2.05, 4.69) is 10.3 Å². The summed E-state index contributed by atoms with van der Waals surface area (Å²) in [4.78, 5) is 40.0. The van der Waals surface area contributed by atoms with Crippen molar-refractivity contribution < 1.29 is 23.9 Å².